The maximum Gasteiger partial charge on any atom is 0.417 e. The number of amides is 1. The lowest BCUT2D eigenvalue weighted by molar-refractivity contribution is -0.137. The predicted octanol–water partition coefficient (Wildman–Crippen LogP) is 3.55. The molecule has 2 aliphatic rings. The molecule has 188 valence electrons. The smallest absolute Gasteiger partial charge is 0.370 e. The Bertz CT molecular complexity index is 1110. The molecule has 0 spiro atoms. The number of rotatable bonds is 6. The van der Waals surface area contributed by atoms with Crippen molar-refractivity contribution in [1.82, 2.24) is 14.7 Å². The second-order valence-electron chi connectivity index (χ2n) is 9.63. The zero-order valence-corrected chi connectivity index (χ0v) is 20.1. The summed E-state index contributed by atoms with van der Waals surface area (Å²) in [5.74, 6) is -0.563. The molecule has 2 saturated heterocycles. The van der Waals surface area contributed by atoms with Gasteiger partial charge in [0.25, 0.3) is 0 Å². The molecule has 4 rings (SSSR count). The maximum atomic E-state index is 13.5. The van der Waals surface area contributed by atoms with Crippen LogP contribution in [-0.2, 0) is 24.1 Å². The lowest BCUT2D eigenvalue weighted by Gasteiger charge is -2.36. The number of carbonyl (C=O) groups excluding carboxylic acids is 1. The van der Waals surface area contributed by atoms with E-state index in [2.05, 4.69) is 23.1 Å². The molecule has 1 amide bonds. The molecule has 2 N–H and O–H groups in total. The maximum absolute atomic E-state index is 13.5. The van der Waals surface area contributed by atoms with Gasteiger partial charge in [0.2, 0.25) is 5.91 Å². The van der Waals surface area contributed by atoms with Crippen LogP contribution in [0.5, 0.6) is 0 Å². The Hall–Kier alpha value is -3.06. The van der Waals surface area contributed by atoms with Crippen LogP contribution in [0.3, 0.4) is 0 Å². The number of piperidine rings is 1. The SMILES string of the molecule is CCn1cc(CN2CCC([C@@H]3CN(c4ccc(C#N)c(C(F)(F)F)c4)C[C@H]3C(N)=O)CC2)c(C)n1. The summed E-state index contributed by atoms with van der Waals surface area (Å²) in [7, 11) is 0. The summed E-state index contributed by atoms with van der Waals surface area (Å²) in [5, 5.41) is 13.6. The van der Waals surface area contributed by atoms with Gasteiger partial charge in [-0.05, 0) is 69.8 Å². The van der Waals surface area contributed by atoms with Crippen LogP contribution in [0, 0.1) is 36.0 Å². The van der Waals surface area contributed by atoms with Crippen molar-refractivity contribution in [3.8, 4) is 6.07 Å². The molecule has 10 heteroatoms. The van der Waals surface area contributed by atoms with Gasteiger partial charge >= 0.3 is 6.18 Å². The van der Waals surface area contributed by atoms with Crippen molar-refractivity contribution in [3.05, 3.63) is 46.8 Å². The molecule has 1 aromatic heterocycles. The number of nitriles is 1. The molecule has 0 radical (unpaired) electrons. The van der Waals surface area contributed by atoms with Gasteiger partial charge in [-0.1, -0.05) is 0 Å². The van der Waals surface area contributed by atoms with E-state index in [4.69, 9.17) is 11.0 Å². The summed E-state index contributed by atoms with van der Waals surface area (Å²) in [6, 6.07) is 5.35. The highest BCUT2D eigenvalue weighted by atomic mass is 19.4. The van der Waals surface area contributed by atoms with E-state index in [9.17, 15) is 18.0 Å². The predicted molar refractivity (Wildman–Crippen MR) is 125 cm³/mol. The lowest BCUT2D eigenvalue weighted by Crippen LogP contribution is -2.40. The highest BCUT2D eigenvalue weighted by molar-refractivity contribution is 5.79. The zero-order valence-electron chi connectivity index (χ0n) is 20.1. The number of anilines is 1. The minimum atomic E-state index is -4.62. The third-order valence-electron chi connectivity index (χ3n) is 7.53. The van der Waals surface area contributed by atoms with Gasteiger partial charge in [0.05, 0.1) is 28.8 Å². The van der Waals surface area contributed by atoms with Crippen LogP contribution in [0.1, 0.15) is 42.1 Å². The highest BCUT2D eigenvalue weighted by Gasteiger charge is 2.42. The quantitative estimate of drug-likeness (QED) is 0.672. The number of nitrogens with zero attached hydrogens (tertiary/aromatic N) is 5. The Morgan fingerprint density at radius 1 is 1.26 bits per heavy atom. The van der Waals surface area contributed by atoms with E-state index in [1.807, 2.05) is 16.5 Å². The topological polar surface area (TPSA) is 91.2 Å². The number of halogens is 3. The summed E-state index contributed by atoms with van der Waals surface area (Å²) in [6.45, 7) is 8.29. The van der Waals surface area contributed by atoms with E-state index in [1.165, 1.54) is 17.7 Å². The summed E-state index contributed by atoms with van der Waals surface area (Å²) in [4.78, 5) is 16.5. The van der Waals surface area contributed by atoms with Gasteiger partial charge in [-0.2, -0.15) is 23.5 Å². The Morgan fingerprint density at radius 2 is 1.97 bits per heavy atom. The van der Waals surface area contributed by atoms with Gasteiger partial charge in [-0.25, -0.2) is 0 Å². The van der Waals surface area contributed by atoms with E-state index in [0.717, 1.165) is 50.8 Å². The van der Waals surface area contributed by atoms with Crippen molar-refractivity contribution in [2.24, 2.45) is 23.5 Å². The fraction of sp³-hybridized carbons (Fsp3) is 0.560. The Balaban J connectivity index is 1.45. The van der Waals surface area contributed by atoms with Crippen LogP contribution in [0.2, 0.25) is 0 Å². The molecular formula is C25H31F3N6O. The minimum absolute atomic E-state index is 0.00999. The number of aromatic nitrogens is 2. The van der Waals surface area contributed by atoms with Gasteiger partial charge in [-0.3, -0.25) is 14.4 Å². The second kappa shape index (κ2) is 9.90. The molecule has 2 atom stereocenters. The standard InChI is InChI=1S/C25H31F3N6O/c1-3-34-13-19(16(2)31-34)12-32-8-6-17(7-9-32)21-14-33(15-22(21)24(30)35)20-5-4-18(11-29)23(10-20)25(26,27)28/h4-5,10,13,17,21-22H,3,6-9,12,14-15H2,1-2H3,(H2,30,35)/t21-,22+/m0/s1. The first kappa shape index (κ1) is 25.0. The fourth-order valence-electron chi connectivity index (χ4n) is 5.54. The van der Waals surface area contributed by atoms with Gasteiger partial charge in [0.15, 0.2) is 0 Å². The number of carbonyl (C=O) groups is 1. The summed E-state index contributed by atoms with van der Waals surface area (Å²) >= 11 is 0. The van der Waals surface area contributed by atoms with Crippen molar-refractivity contribution in [3.63, 3.8) is 0 Å². The number of hydrogen-bond acceptors (Lipinski definition) is 5. The Morgan fingerprint density at radius 3 is 2.54 bits per heavy atom. The number of benzene rings is 1. The summed E-state index contributed by atoms with van der Waals surface area (Å²) < 4.78 is 42.3. The zero-order chi connectivity index (χ0) is 25.3. The summed E-state index contributed by atoms with van der Waals surface area (Å²) in [6.07, 6.45) is -0.719. The molecule has 0 aliphatic carbocycles. The third kappa shape index (κ3) is 5.30. The molecule has 2 aliphatic heterocycles. The van der Waals surface area contributed by atoms with E-state index in [1.54, 1.807) is 6.07 Å². The van der Waals surface area contributed by atoms with Crippen molar-refractivity contribution < 1.29 is 18.0 Å². The molecule has 3 heterocycles. The van der Waals surface area contributed by atoms with E-state index >= 15 is 0 Å². The van der Waals surface area contributed by atoms with Gasteiger partial charge in [0, 0.05) is 43.6 Å². The van der Waals surface area contributed by atoms with Crippen LogP contribution in [-0.4, -0.2) is 46.8 Å². The van der Waals surface area contributed by atoms with E-state index in [0.29, 0.717) is 18.8 Å². The first-order chi connectivity index (χ1) is 16.6. The fourth-order valence-corrected chi connectivity index (χ4v) is 5.54. The van der Waals surface area contributed by atoms with Gasteiger partial charge in [0.1, 0.15) is 0 Å². The van der Waals surface area contributed by atoms with Crippen LogP contribution < -0.4 is 10.6 Å². The lowest BCUT2D eigenvalue weighted by atomic mass is 9.78. The molecule has 7 nitrogen and oxygen atoms in total. The first-order valence-electron chi connectivity index (χ1n) is 12.0. The average Bonchev–Trinajstić information content (AvgIpc) is 3.43. The van der Waals surface area contributed by atoms with Crippen molar-refractivity contribution >= 4 is 11.6 Å². The van der Waals surface area contributed by atoms with E-state index < -0.39 is 29.1 Å². The Labute approximate surface area is 203 Å². The number of alkyl halides is 3. The molecule has 2 aromatic rings. The number of nitrogens with two attached hydrogens (primary N) is 1. The average molecular weight is 489 g/mol. The number of primary amides is 1. The Kier molecular flexibility index (Phi) is 7.08. The molecule has 2 fully saturated rings. The minimum Gasteiger partial charge on any atom is -0.370 e. The summed E-state index contributed by atoms with van der Waals surface area (Å²) in [5.41, 5.74) is 6.99. The van der Waals surface area contributed by atoms with Crippen LogP contribution in [0.25, 0.3) is 0 Å². The van der Waals surface area contributed by atoms with Crippen LogP contribution in [0.4, 0.5) is 18.9 Å². The normalized spacial score (nSPS) is 21.9. The van der Waals surface area contributed by atoms with Gasteiger partial charge in [-0.15, -0.1) is 0 Å². The third-order valence-corrected chi connectivity index (χ3v) is 7.53. The monoisotopic (exact) mass is 488 g/mol. The second-order valence-corrected chi connectivity index (χ2v) is 9.63. The van der Waals surface area contributed by atoms with Crippen molar-refractivity contribution in [2.45, 2.75) is 46.0 Å². The molecule has 35 heavy (non-hydrogen) atoms. The van der Waals surface area contributed by atoms with Crippen LogP contribution in [0.15, 0.2) is 24.4 Å². The molecule has 0 saturated carbocycles. The van der Waals surface area contributed by atoms with Crippen LogP contribution >= 0.6 is 0 Å². The van der Waals surface area contributed by atoms with Gasteiger partial charge < -0.3 is 10.6 Å². The number of aryl methyl sites for hydroxylation is 2. The van der Waals surface area contributed by atoms with Crippen molar-refractivity contribution in [1.29, 1.82) is 5.26 Å². The van der Waals surface area contributed by atoms with Crippen molar-refractivity contribution in [2.75, 3.05) is 31.1 Å². The molecule has 0 unspecified atom stereocenters. The highest BCUT2D eigenvalue weighted by Crippen LogP contribution is 2.40. The molecule has 1 aromatic carbocycles. The largest absolute Gasteiger partial charge is 0.417 e. The first-order valence-corrected chi connectivity index (χ1v) is 12.0. The van der Waals surface area contributed by atoms with E-state index in [-0.39, 0.29) is 11.8 Å². The molecular weight excluding hydrogens is 457 g/mol. The molecule has 0 bridgehead atoms. The number of likely N-dealkylation sites (tertiary alicyclic amines) is 1. The number of hydrogen-bond donors (Lipinski definition) is 1.